The van der Waals surface area contributed by atoms with E-state index in [2.05, 4.69) is 48.6 Å². The minimum Gasteiger partial charge on any atom is -0.493 e. The number of halogens is 3. The number of nitrogens with zero attached hydrogens (tertiary/aromatic N) is 3. The van der Waals surface area contributed by atoms with Gasteiger partial charge in [0.2, 0.25) is 0 Å². The van der Waals surface area contributed by atoms with E-state index in [-0.39, 0.29) is 5.56 Å². The minimum absolute atomic E-state index is 0.239. The third-order valence-corrected chi connectivity index (χ3v) is 6.54. The van der Waals surface area contributed by atoms with E-state index in [9.17, 15) is 4.79 Å². The van der Waals surface area contributed by atoms with E-state index in [1.165, 1.54) is 4.68 Å². The number of hydrogen-bond donors (Lipinski definition) is 0. The average Bonchev–Trinajstić information content (AvgIpc) is 2.79. The second-order valence-corrected chi connectivity index (χ2v) is 9.58. The molecule has 0 saturated carbocycles. The molecule has 6 nitrogen and oxygen atoms in total. The smallest absolute Gasteiger partial charge is 0.282 e. The van der Waals surface area contributed by atoms with Crippen molar-refractivity contribution in [1.82, 2.24) is 9.66 Å². The highest BCUT2D eigenvalue weighted by Crippen LogP contribution is 2.34. The predicted octanol–water partition coefficient (Wildman–Crippen LogP) is 6.20. The number of aromatic nitrogens is 2. The molecule has 1 aromatic heterocycles. The average molecular weight is 639 g/mol. The highest BCUT2D eigenvalue weighted by Gasteiger charge is 2.13. The van der Waals surface area contributed by atoms with Crippen molar-refractivity contribution in [2.24, 2.45) is 5.10 Å². The third-order valence-electron chi connectivity index (χ3n) is 4.87. The Hall–Kier alpha value is -2.43. The number of benzene rings is 3. The van der Waals surface area contributed by atoms with Crippen molar-refractivity contribution in [3.8, 4) is 11.5 Å². The normalized spacial score (nSPS) is 11.3. The summed E-state index contributed by atoms with van der Waals surface area (Å²) in [5.41, 5.74) is 2.02. The zero-order valence-electron chi connectivity index (χ0n) is 17.7. The van der Waals surface area contributed by atoms with Crippen LogP contribution in [0.15, 0.2) is 69.0 Å². The lowest BCUT2D eigenvalue weighted by Crippen LogP contribution is -2.20. The molecule has 0 spiro atoms. The van der Waals surface area contributed by atoms with Gasteiger partial charge in [-0.05, 0) is 71.5 Å². The molecule has 33 heavy (non-hydrogen) atoms. The standard InChI is InChI=1S/C24H18BrClIN3O3/c1-14-29-21-8-7-17(25)11-18(21)24(31)30(14)28-12-15-9-20(27)23(22(10-15)32-2)33-13-16-5-3-4-6-19(16)26/h3-12H,13H2,1-2H3. The topological polar surface area (TPSA) is 65.7 Å². The van der Waals surface area contributed by atoms with Crippen molar-refractivity contribution in [3.05, 3.63) is 95.0 Å². The quantitative estimate of drug-likeness (QED) is 0.187. The van der Waals surface area contributed by atoms with Crippen molar-refractivity contribution >= 4 is 67.2 Å². The number of ether oxygens (including phenoxy) is 2. The van der Waals surface area contributed by atoms with Crippen LogP contribution in [0.5, 0.6) is 11.5 Å². The third kappa shape index (κ3) is 5.23. The Labute approximate surface area is 217 Å². The zero-order chi connectivity index (χ0) is 23.5. The molecule has 0 saturated heterocycles. The molecule has 0 atom stereocenters. The van der Waals surface area contributed by atoms with Crippen LogP contribution in [0.3, 0.4) is 0 Å². The molecule has 0 radical (unpaired) electrons. The summed E-state index contributed by atoms with van der Waals surface area (Å²) in [6.45, 7) is 2.06. The van der Waals surface area contributed by atoms with Gasteiger partial charge in [-0.15, -0.1) is 0 Å². The van der Waals surface area contributed by atoms with Crippen LogP contribution in [0.1, 0.15) is 17.0 Å². The Morgan fingerprint density at radius 2 is 2.00 bits per heavy atom. The van der Waals surface area contributed by atoms with Crippen LogP contribution in [0.25, 0.3) is 10.9 Å². The molecule has 9 heteroatoms. The van der Waals surface area contributed by atoms with Crippen molar-refractivity contribution in [3.63, 3.8) is 0 Å². The lowest BCUT2D eigenvalue weighted by atomic mass is 10.2. The van der Waals surface area contributed by atoms with Gasteiger partial charge in [0.25, 0.3) is 5.56 Å². The second-order valence-electron chi connectivity index (χ2n) is 7.10. The van der Waals surface area contributed by atoms with E-state index >= 15 is 0 Å². The second kappa shape index (κ2) is 10.2. The molecule has 4 aromatic rings. The van der Waals surface area contributed by atoms with E-state index < -0.39 is 0 Å². The van der Waals surface area contributed by atoms with Gasteiger partial charge in [0.1, 0.15) is 12.4 Å². The highest BCUT2D eigenvalue weighted by molar-refractivity contribution is 14.1. The Bertz CT molecular complexity index is 1440. The molecule has 0 aliphatic carbocycles. The monoisotopic (exact) mass is 637 g/mol. The van der Waals surface area contributed by atoms with Gasteiger partial charge >= 0.3 is 0 Å². The summed E-state index contributed by atoms with van der Waals surface area (Å²) >= 11 is 11.8. The summed E-state index contributed by atoms with van der Waals surface area (Å²) in [6, 6.07) is 16.6. The molecule has 0 N–H and O–H groups in total. The van der Waals surface area contributed by atoms with Gasteiger partial charge in [-0.3, -0.25) is 4.79 Å². The molecule has 168 valence electrons. The van der Waals surface area contributed by atoms with Crippen molar-refractivity contribution in [1.29, 1.82) is 0 Å². The Morgan fingerprint density at radius 1 is 1.21 bits per heavy atom. The fraction of sp³-hybridized carbons (Fsp3) is 0.125. The maximum atomic E-state index is 12.9. The largest absolute Gasteiger partial charge is 0.493 e. The summed E-state index contributed by atoms with van der Waals surface area (Å²) in [7, 11) is 1.58. The Balaban J connectivity index is 1.65. The number of hydrogen-bond acceptors (Lipinski definition) is 5. The Kier molecular flexibility index (Phi) is 7.35. The molecule has 4 rings (SSSR count). The van der Waals surface area contributed by atoms with Crippen LogP contribution < -0.4 is 15.0 Å². The van der Waals surface area contributed by atoms with Crippen LogP contribution >= 0.6 is 50.1 Å². The lowest BCUT2D eigenvalue weighted by Gasteiger charge is -2.14. The van der Waals surface area contributed by atoms with Crippen molar-refractivity contribution in [2.75, 3.05) is 7.11 Å². The maximum absolute atomic E-state index is 12.9. The molecule has 0 amide bonds. The van der Waals surface area contributed by atoms with Crippen LogP contribution in [-0.4, -0.2) is 23.0 Å². The van der Waals surface area contributed by atoms with Crippen LogP contribution in [-0.2, 0) is 6.61 Å². The molecule has 0 aliphatic heterocycles. The van der Waals surface area contributed by atoms with Gasteiger partial charge in [0, 0.05) is 15.1 Å². The SMILES string of the molecule is COc1cc(C=Nn2c(C)nc3ccc(Br)cc3c2=O)cc(I)c1OCc1ccccc1Cl. The predicted molar refractivity (Wildman–Crippen MR) is 143 cm³/mol. The first-order valence-corrected chi connectivity index (χ1v) is 12.1. The number of fused-ring (bicyclic) bond motifs is 1. The number of methoxy groups -OCH3 is 1. The van der Waals surface area contributed by atoms with E-state index in [0.29, 0.717) is 39.9 Å². The molecule has 0 aliphatic rings. The van der Waals surface area contributed by atoms with E-state index in [1.54, 1.807) is 38.4 Å². The van der Waals surface area contributed by atoms with Crippen molar-refractivity contribution < 1.29 is 9.47 Å². The van der Waals surface area contributed by atoms with Gasteiger partial charge in [0.15, 0.2) is 11.5 Å². The molecule has 1 heterocycles. The summed E-state index contributed by atoms with van der Waals surface area (Å²) in [6.07, 6.45) is 1.60. The zero-order valence-corrected chi connectivity index (χ0v) is 22.2. The van der Waals surface area contributed by atoms with Crippen LogP contribution in [0, 0.1) is 10.5 Å². The lowest BCUT2D eigenvalue weighted by molar-refractivity contribution is 0.282. The van der Waals surface area contributed by atoms with E-state index in [4.69, 9.17) is 21.1 Å². The van der Waals surface area contributed by atoms with Gasteiger partial charge in [0.05, 0.1) is 27.8 Å². The number of rotatable bonds is 6. The summed E-state index contributed by atoms with van der Waals surface area (Å²) < 4.78 is 14.5. The Morgan fingerprint density at radius 3 is 2.76 bits per heavy atom. The van der Waals surface area contributed by atoms with Gasteiger partial charge in [-0.2, -0.15) is 9.78 Å². The van der Waals surface area contributed by atoms with Crippen LogP contribution in [0.4, 0.5) is 0 Å². The summed E-state index contributed by atoms with van der Waals surface area (Å²) in [5.74, 6) is 1.66. The van der Waals surface area contributed by atoms with Gasteiger partial charge in [-0.1, -0.05) is 45.7 Å². The number of aryl methyl sites for hydroxylation is 1. The minimum atomic E-state index is -0.239. The van der Waals surface area contributed by atoms with Crippen molar-refractivity contribution in [2.45, 2.75) is 13.5 Å². The van der Waals surface area contributed by atoms with Gasteiger partial charge < -0.3 is 9.47 Å². The molecule has 3 aromatic carbocycles. The first-order chi connectivity index (χ1) is 15.9. The molecule has 0 bridgehead atoms. The fourth-order valence-corrected chi connectivity index (χ4v) is 4.57. The van der Waals surface area contributed by atoms with E-state index in [0.717, 1.165) is 19.2 Å². The maximum Gasteiger partial charge on any atom is 0.282 e. The molecule has 0 fully saturated rings. The van der Waals surface area contributed by atoms with E-state index in [1.807, 2.05) is 36.4 Å². The highest BCUT2D eigenvalue weighted by atomic mass is 127. The summed E-state index contributed by atoms with van der Waals surface area (Å²) in [4.78, 5) is 17.4. The van der Waals surface area contributed by atoms with Crippen LogP contribution in [0.2, 0.25) is 5.02 Å². The fourth-order valence-electron chi connectivity index (χ4n) is 3.24. The van der Waals surface area contributed by atoms with Gasteiger partial charge in [-0.25, -0.2) is 4.98 Å². The first kappa shape index (κ1) is 23.7. The summed E-state index contributed by atoms with van der Waals surface area (Å²) in [5, 5.41) is 5.52. The molecular weight excluding hydrogens is 621 g/mol. The molecule has 0 unspecified atom stereocenters. The molecular formula is C24H18BrClIN3O3. The first-order valence-electron chi connectivity index (χ1n) is 9.84.